The van der Waals surface area contributed by atoms with Gasteiger partial charge in [0.2, 0.25) is 0 Å². The number of benzene rings is 1. The topological polar surface area (TPSA) is 41.9 Å². The molecule has 0 saturated carbocycles. The average Bonchev–Trinajstić information content (AvgIpc) is 2.85. The maximum atomic E-state index is 12.0. The Balaban J connectivity index is 1.77. The number of carbonyl (C=O) groups excluding carboxylic acids is 1. The molecule has 1 amide bonds. The average molecular weight is 302 g/mol. The second kappa shape index (κ2) is 6.03. The molecule has 2 aliphatic heterocycles. The van der Waals surface area contributed by atoms with Crippen molar-refractivity contribution in [2.24, 2.45) is 4.99 Å². The van der Waals surface area contributed by atoms with E-state index in [1.165, 1.54) is 22.9 Å². The molecule has 0 N–H and O–H groups in total. The molecule has 4 nitrogen and oxygen atoms in total. The fourth-order valence-corrected chi connectivity index (χ4v) is 3.26. The summed E-state index contributed by atoms with van der Waals surface area (Å²) in [6, 6.07) is 6.22. The number of aliphatic imine (C=N–C) groups is 1. The van der Waals surface area contributed by atoms with E-state index in [9.17, 15) is 4.79 Å². The van der Waals surface area contributed by atoms with Crippen LogP contribution >= 0.6 is 11.8 Å². The number of carbonyl (C=O) groups is 1. The van der Waals surface area contributed by atoms with Gasteiger partial charge in [-0.05, 0) is 48.4 Å². The van der Waals surface area contributed by atoms with E-state index in [1.807, 2.05) is 12.1 Å². The lowest BCUT2D eigenvalue weighted by molar-refractivity contribution is -0.113. The van der Waals surface area contributed by atoms with Crippen LogP contribution in [0, 0.1) is 13.8 Å². The van der Waals surface area contributed by atoms with E-state index in [2.05, 4.69) is 35.9 Å². The molecule has 0 aliphatic carbocycles. The highest BCUT2D eigenvalue weighted by atomic mass is 32.2. The van der Waals surface area contributed by atoms with Gasteiger partial charge in [0, 0.05) is 13.1 Å². The Morgan fingerprint density at radius 1 is 1.24 bits per heavy atom. The van der Waals surface area contributed by atoms with E-state index in [-0.39, 0.29) is 5.91 Å². The fourth-order valence-electron chi connectivity index (χ4n) is 2.29. The van der Waals surface area contributed by atoms with Crippen LogP contribution in [0.1, 0.15) is 16.7 Å². The number of hydrogen-bond acceptors (Lipinski definition) is 4. The number of aryl methyl sites for hydroxylation is 2. The molecule has 1 aromatic carbocycles. The summed E-state index contributed by atoms with van der Waals surface area (Å²) < 4.78 is 5.33. The van der Waals surface area contributed by atoms with Crippen molar-refractivity contribution in [3.8, 4) is 0 Å². The van der Waals surface area contributed by atoms with E-state index in [4.69, 9.17) is 4.74 Å². The molecule has 110 valence electrons. The minimum Gasteiger partial charge on any atom is -0.378 e. The molecule has 2 heterocycles. The van der Waals surface area contributed by atoms with Gasteiger partial charge in [0.1, 0.15) is 0 Å². The van der Waals surface area contributed by atoms with Gasteiger partial charge in [0.15, 0.2) is 5.17 Å². The zero-order valence-corrected chi connectivity index (χ0v) is 13.1. The first-order chi connectivity index (χ1) is 10.1. The normalized spacial score (nSPS) is 21.0. The molecule has 21 heavy (non-hydrogen) atoms. The lowest BCUT2D eigenvalue weighted by Gasteiger charge is -2.27. The van der Waals surface area contributed by atoms with Gasteiger partial charge in [-0.2, -0.15) is 4.99 Å². The molecule has 3 rings (SSSR count). The van der Waals surface area contributed by atoms with Crippen LogP contribution in [-0.2, 0) is 9.53 Å². The van der Waals surface area contributed by atoms with Crippen molar-refractivity contribution >= 4 is 28.9 Å². The van der Waals surface area contributed by atoms with Crippen molar-refractivity contribution in [2.75, 3.05) is 26.3 Å². The van der Waals surface area contributed by atoms with E-state index < -0.39 is 0 Å². The number of amides is 1. The van der Waals surface area contributed by atoms with Gasteiger partial charge in [-0.25, -0.2) is 0 Å². The minimum absolute atomic E-state index is 0.139. The summed E-state index contributed by atoms with van der Waals surface area (Å²) in [5.74, 6) is -0.139. The summed E-state index contributed by atoms with van der Waals surface area (Å²) in [4.78, 5) is 19.0. The largest absolute Gasteiger partial charge is 0.378 e. The van der Waals surface area contributed by atoms with Gasteiger partial charge in [0.25, 0.3) is 5.91 Å². The molecule has 1 saturated heterocycles. The van der Waals surface area contributed by atoms with Crippen molar-refractivity contribution in [3.05, 3.63) is 39.8 Å². The first-order valence-electron chi connectivity index (χ1n) is 7.06. The summed E-state index contributed by atoms with van der Waals surface area (Å²) in [6.45, 7) is 7.16. The van der Waals surface area contributed by atoms with E-state index in [0.29, 0.717) is 18.1 Å². The third-order valence-electron chi connectivity index (χ3n) is 3.72. The Morgan fingerprint density at radius 3 is 2.71 bits per heavy atom. The monoisotopic (exact) mass is 302 g/mol. The lowest BCUT2D eigenvalue weighted by Crippen LogP contribution is -2.38. The Morgan fingerprint density at radius 2 is 2.00 bits per heavy atom. The highest BCUT2D eigenvalue weighted by Gasteiger charge is 2.27. The standard InChI is InChI=1S/C16H18N2O2S/c1-11-3-4-13(9-12(11)2)10-14-15(19)17-16(21-14)18-5-7-20-8-6-18/h3-4,9-10H,5-8H2,1-2H3/b14-10+. The first kappa shape index (κ1) is 14.4. The number of ether oxygens (including phenoxy) is 1. The number of amidine groups is 1. The second-order valence-corrected chi connectivity index (χ2v) is 6.26. The van der Waals surface area contributed by atoms with Crippen LogP contribution in [-0.4, -0.2) is 42.3 Å². The predicted octanol–water partition coefficient (Wildman–Crippen LogP) is 2.61. The maximum absolute atomic E-state index is 12.0. The Bertz CT molecular complexity index is 631. The Labute approximate surface area is 128 Å². The first-order valence-corrected chi connectivity index (χ1v) is 7.87. The molecule has 0 unspecified atom stereocenters. The molecule has 0 spiro atoms. The van der Waals surface area contributed by atoms with Gasteiger partial charge in [-0.1, -0.05) is 18.2 Å². The van der Waals surface area contributed by atoms with E-state index in [0.717, 1.165) is 23.8 Å². The van der Waals surface area contributed by atoms with Crippen LogP contribution in [0.4, 0.5) is 0 Å². The SMILES string of the molecule is Cc1ccc(/C=C2/SC(N3CCOCC3)=NC2=O)cc1C. The van der Waals surface area contributed by atoms with Crippen molar-refractivity contribution in [1.29, 1.82) is 0 Å². The van der Waals surface area contributed by atoms with Gasteiger partial charge < -0.3 is 9.64 Å². The van der Waals surface area contributed by atoms with Gasteiger partial charge in [0.05, 0.1) is 18.1 Å². The number of nitrogens with zero attached hydrogens (tertiary/aromatic N) is 2. The number of thioether (sulfide) groups is 1. The van der Waals surface area contributed by atoms with Gasteiger partial charge >= 0.3 is 0 Å². The molecular weight excluding hydrogens is 284 g/mol. The summed E-state index contributed by atoms with van der Waals surface area (Å²) in [6.07, 6.45) is 1.93. The molecule has 0 bridgehead atoms. The summed E-state index contributed by atoms with van der Waals surface area (Å²) >= 11 is 1.46. The van der Waals surface area contributed by atoms with E-state index >= 15 is 0 Å². The quantitative estimate of drug-likeness (QED) is 0.748. The molecule has 0 atom stereocenters. The van der Waals surface area contributed by atoms with Crippen molar-refractivity contribution in [2.45, 2.75) is 13.8 Å². The smallest absolute Gasteiger partial charge is 0.286 e. The molecule has 1 aromatic rings. The Hall–Kier alpha value is -1.59. The van der Waals surface area contributed by atoms with E-state index in [1.54, 1.807) is 0 Å². The molecule has 0 radical (unpaired) electrons. The third kappa shape index (κ3) is 3.19. The van der Waals surface area contributed by atoms with Crippen LogP contribution in [0.3, 0.4) is 0 Å². The predicted molar refractivity (Wildman–Crippen MR) is 86.3 cm³/mol. The van der Waals surface area contributed by atoms with Crippen LogP contribution < -0.4 is 0 Å². The zero-order chi connectivity index (χ0) is 14.8. The number of morpholine rings is 1. The van der Waals surface area contributed by atoms with Crippen LogP contribution in [0.25, 0.3) is 6.08 Å². The summed E-state index contributed by atoms with van der Waals surface area (Å²) in [5, 5.41) is 0.804. The molecule has 5 heteroatoms. The van der Waals surface area contributed by atoms with Crippen LogP contribution in [0.2, 0.25) is 0 Å². The Kier molecular flexibility index (Phi) is 4.12. The van der Waals surface area contributed by atoms with Crippen LogP contribution in [0.15, 0.2) is 28.1 Å². The third-order valence-corrected chi connectivity index (χ3v) is 4.76. The fraction of sp³-hybridized carbons (Fsp3) is 0.375. The van der Waals surface area contributed by atoms with Gasteiger partial charge in [-0.15, -0.1) is 0 Å². The second-order valence-electron chi connectivity index (χ2n) is 5.25. The number of rotatable bonds is 1. The van der Waals surface area contributed by atoms with Gasteiger partial charge in [-0.3, -0.25) is 4.79 Å². The maximum Gasteiger partial charge on any atom is 0.286 e. The van der Waals surface area contributed by atoms with Crippen molar-refractivity contribution < 1.29 is 9.53 Å². The molecule has 2 aliphatic rings. The highest BCUT2D eigenvalue weighted by molar-refractivity contribution is 8.18. The molecule has 1 fully saturated rings. The van der Waals surface area contributed by atoms with Crippen molar-refractivity contribution in [3.63, 3.8) is 0 Å². The lowest BCUT2D eigenvalue weighted by atomic mass is 10.1. The number of hydrogen-bond donors (Lipinski definition) is 0. The molecular formula is C16H18N2O2S. The summed E-state index contributed by atoms with van der Waals surface area (Å²) in [5.41, 5.74) is 3.54. The van der Waals surface area contributed by atoms with Crippen LogP contribution in [0.5, 0.6) is 0 Å². The minimum atomic E-state index is -0.139. The zero-order valence-electron chi connectivity index (χ0n) is 12.3. The van der Waals surface area contributed by atoms with Crippen molar-refractivity contribution in [1.82, 2.24) is 4.90 Å². The highest BCUT2D eigenvalue weighted by Crippen LogP contribution is 2.30. The summed E-state index contributed by atoms with van der Waals surface area (Å²) in [7, 11) is 0. The molecule has 0 aromatic heterocycles.